The molecule has 0 spiro atoms. The van der Waals surface area contributed by atoms with Gasteiger partial charge in [0.25, 0.3) is 0 Å². The third kappa shape index (κ3) is 18.0. The van der Waals surface area contributed by atoms with Crippen LogP contribution in [0.3, 0.4) is 0 Å². The summed E-state index contributed by atoms with van der Waals surface area (Å²) in [5.41, 5.74) is 0. The third-order valence-corrected chi connectivity index (χ3v) is 0.287. The fourth-order valence-corrected chi connectivity index (χ4v) is 0.202. The maximum atomic E-state index is 9.81. The number of ether oxygens (including phenoxy) is 1. The van der Waals surface area contributed by atoms with Crippen LogP contribution in [0, 0.1) is 0 Å². The van der Waals surface area contributed by atoms with Gasteiger partial charge in [0, 0.05) is 40.1 Å². The van der Waals surface area contributed by atoms with Gasteiger partial charge in [0.05, 0.1) is 0 Å². The fraction of sp³-hybridized carbons (Fsp3) is 0.500. The summed E-state index contributed by atoms with van der Waals surface area (Å²) in [6, 6.07) is 0. The molecule has 0 aromatic rings. The molecule has 0 unspecified atom stereocenters. The molecule has 0 bridgehead atoms. The molecule has 0 saturated carbocycles. The van der Waals surface area contributed by atoms with E-state index in [9.17, 15) is 9.59 Å². The molecule has 0 aliphatic carbocycles. The normalized spacial score (nSPS) is 6.00. The molecular formula is C4H8O4Zr. The molecule has 0 rings (SSSR count). The second-order valence-corrected chi connectivity index (χ2v) is 1.09. The SMILES string of the molecule is CC(=O)OC(C)=O.O.[Zr]. The summed E-state index contributed by atoms with van der Waals surface area (Å²) in [4.78, 5) is 19.6. The number of carbonyl (C=O) groups excluding carboxylic acids is 2. The maximum absolute atomic E-state index is 9.81. The molecule has 0 amide bonds. The van der Waals surface area contributed by atoms with Crippen LogP contribution in [0.4, 0.5) is 0 Å². The average Bonchev–Trinajstić information content (AvgIpc) is 1.27. The molecular weight excluding hydrogens is 203 g/mol. The van der Waals surface area contributed by atoms with E-state index in [4.69, 9.17) is 0 Å². The van der Waals surface area contributed by atoms with Crippen molar-refractivity contribution in [1.29, 1.82) is 0 Å². The zero-order valence-corrected chi connectivity index (χ0v) is 7.68. The number of esters is 2. The molecule has 9 heavy (non-hydrogen) atoms. The van der Waals surface area contributed by atoms with E-state index in [1.54, 1.807) is 0 Å². The van der Waals surface area contributed by atoms with Gasteiger partial charge in [0.15, 0.2) is 0 Å². The predicted octanol–water partition coefficient (Wildman–Crippen LogP) is -0.731. The largest absolute Gasteiger partial charge is 0.412 e. The Hall–Kier alpha value is -0.0169. The summed E-state index contributed by atoms with van der Waals surface area (Å²) >= 11 is 0. The van der Waals surface area contributed by atoms with Crippen LogP contribution in [-0.2, 0) is 40.5 Å². The van der Waals surface area contributed by atoms with Crippen molar-refractivity contribution in [2.45, 2.75) is 13.8 Å². The topological polar surface area (TPSA) is 74.9 Å². The summed E-state index contributed by atoms with van der Waals surface area (Å²) in [6.45, 7) is 2.36. The van der Waals surface area contributed by atoms with Crippen LogP contribution in [0.2, 0.25) is 0 Å². The molecule has 0 radical (unpaired) electrons. The van der Waals surface area contributed by atoms with Crippen LogP contribution in [-0.4, -0.2) is 17.4 Å². The Morgan fingerprint density at radius 1 is 1.11 bits per heavy atom. The molecule has 0 aromatic carbocycles. The van der Waals surface area contributed by atoms with E-state index in [0.29, 0.717) is 0 Å². The second-order valence-electron chi connectivity index (χ2n) is 1.09. The Labute approximate surface area is 72.0 Å². The Morgan fingerprint density at radius 2 is 1.33 bits per heavy atom. The average molecular weight is 211 g/mol. The molecule has 4 nitrogen and oxygen atoms in total. The molecule has 2 N–H and O–H groups in total. The summed E-state index contributed by atoms with van der Waals surface area (Å²) in [6.07, 6.45) is 0. The minimum atomic E-state index is -0.562. The number of hydrogen-bond donors (Lipinski definition) is 0. The summed E-state index contributed by atoms with van der Waals surface area (Å²) < 4.78 is 3.97. The van der Waals surface area contributed by atoms with Crippen molar-refractivity contribution in [2.24, 2.45) is 0 Å². The van der Waals surface area contributed by atoms with Gasteiger partial charge >= 0.3 is 11.9 Å². The van der Waals surface area contributed by atoms with Gasteiger partial charge < -0.3 is 10.2 Å². The van der Waals surface area contributed by atoms with Gasteiger partial charge in [-0.25, -0.2) is 0 Å². The molecule has 0 heterocycles. The van der Waals surface area contributed by atoms with Crippen molar-refractivity contribution in [3.05, 3.63) is 0 Å². The Bertz CT molecular complexity index is 88.7. The van der Waals surface area contributed by atoms with Gasteiger partial charge in [0.2, 0.25) is 0 Å². The zero-order valence-electron chi connectivity index (χ0n) is 5.22. The van der Waals surface area contributed by atoms with E-state index in [0.717, 1.165) is 0 Å². The van der Waals surface area contributed by atoms with Crippen LogP contribution >= 0.6 is 0 Å². The van der Waals surface area contributed by atoms with Crippen LogP contribution in [0.1, 0.15) is 13.8 Å². The Kier molecular flexibility index (Phi) is 14.2. The summed E-state index contributed by atoms with van der Waals surface area (Å²) in [7, 11) is 0. The number of rotatable bonds is 0. The van der Waals surface area contributed by atoms with Gasteiger partial charge in [-0.1, -0.05) is 0 Å². The first kappa shape index (κ1) is 16.0. The van der Waals surface area contributed by atoms with Crippen molar-refractivity contribution < 1.29 is 46.0 Å². The molecule has 5 heteroatoms. The van der Waals surface area contributed by atoms with Crippen molar-refractivity contribution in [2.75, 3.05) is 0 Å². The van der Waals surface area contributed by atoms with Crippen molar-refractivity contribution in [3.63, 3.8) is 0 Å². The summed E-state index contributed by atoms with van der Waals surface area (Å²) in [5, 5.41) is 0. The molecule has 52 valence electrons. The van der Waals surface area contributed by atoms with Crippen LogP contribution in [0.5, 0.6) is 0 Å². The molecule has 0 aromatic heterocycles. The molecule has 0 fully saturated rings. The Balaban J connectivity index is -0.000000180. The van der Waals surface area contributed by atoms with Gasteiger partial charge in [0.1, 0.15) is 0 Å². The second kappa shape index (κ2) is 7.98. The standard InChI is InChI=1S/C4H6O3.H2O.Zr/c1-3(5)7-4(2)6;;/h1-2H3;1H2;. The van der Waals surface area contributed by atoms with Crippen LogP contribution in [0.25, 0.3) is 0 Å². The Morgan fingerprint density at radius 3 is 1.33 bits per heavy atom. The van der Waals surface area contributed by atoms with E-state index in [1.807, 2.05) is 0 Å². The number of carbonyl (C=O) groups is 2. The number of hydrogen-bond acceptors (Lipinski definition) is 3. The zero-order chi connectivity index (χ0) is 5.86. The van der Waals surface area contributed by atoms with Gasteiger partial charge in [-0.05, 0) is 0 Å². The van der Waals surface area contributed by atoms with Crippen LogP contribution < -0.4 is 0 Å². The quantitative estimate of drug-likeness (QED) is 0.391. The van der Waals surface area contributed by atoms with E-state index >= 15 is 0 Å². The maximum Gasteiger partial charge on any atom is 0.310 e. The molecule has 0 saturated heterocycles. The first-order valence-corrected chi connectivity index (χ1v) is 1.82. The van der Waals surface area contributed by atoms with E-state index in [-0.39, 0.29) is 31.7 Å². The van der Waals surface area contributed by atoms with E-state index in [1.165, 1.54) is 13.8 Å². The van der Waals surface area contributed by atoms with E-state index < -0.39 is 11.9 Å². The molecule has 0 aliphatic rings. The monoisotopic (exact) mass is 210 g/mol. The van der Waals surface area contributed by atoms with Gasteiger partial charge in [-0.2, -0.15) is 0 Å². The van der Waals surface area contributed by atoms with E-state index in [2.05, 4.69) is 4.74 Å². The smallest absolute Gasteiger partial charge is 0.310 e. The third-order valence-electron chi connectivity index (χ3n) is 0.287. The first-order chi connectivity index (χ1) is 3.13. The van der Waals surface area contributed by atoms with Crippen molar-refractivity contribution in [1.82, 2.24) is 0 Å². The van der Waals surface area contributed by atoms with Gasteiger partial charge in [-0.3, -0.25) is 9.59 Å². The van der Waals surface area contributed by atoms with Crippen molar-refractivity contribution in [3.8, 4) is 0 Å². The minimum Gasteiger partial charge on any atom is -0.412 e. The fourth-order valence-electron chi connectivity index (χ4n) is 0.202. The predicted molar refractivity (Wildman–Crippen MR) is 26.1 cm³/mol. The van der Waals surface area contributed by atoms with Crippen LogP contribution in [0.15, 0.2) is 0 Å². The molecule has 0 atom stereocenters. The van der Waals surface area contributed by atoms with Gasteiger partial charge in [-0.15, -0.1) is 0 Å². The first-order valence-electron chi connectivity index (χ1n) is 1.82. The molecule has 0 aliphatic heterocycles. The minimum absolute atomic E-state index is 0. The van der Waals surface area contributed by atoms with Crippen molar-refractivity contribution >= 4 is 11.9 Å². The summed E-state index contributed by atoms with van der Waals surface area (Å²) in [5.74, 6) is -1.12.